The zero-order valence-electron chi connectivity index (χ0n) is 20.7. The van der Waals surface area contributed by atoms with Gasteiger partial charge < -0.3 is 15.2 Å². The smallest absolute Gasteiger partial charge is 0.255 e. The Labute approximate surface area is 219 Å². The quantitative estimate of drug-likeness (QED) is 0.265. The van der Waals surface area contributed by atoms with Crippen LogP contribution in [-0.2, 0) is 0 Å². The molecule has 1 amide bonds. The lowest BCUT2D eigenvalue weighted by molar-refractivity contribution is 0.102. The van der Waals surface area contributed by atoms with Crippen molar-refractivity contribution < 1.29 is 4.79 Å². The Morgan fingerprint density at radius 2 is 1.68 bits per heavy atom. The van der Waals surface area contributed by atoms with E-state index in [-0.39, 0.29) is 5.91 Å². The van der Waals surface area contributed by atoms with Gasteiger partial charge in [-0.05, 0) is 65.7 Å². The van der Waals surface area contributed by atoms with E-state index in [9.17, 15) is 4.79 Å². The number of amides is 1. The van der Waals surface area contributed by atoms with Crippen LogP contribution >= 0.6 is 0 Å². The van der Waals surface area contributed by atoms with Gasteiger partial charge in [0.25, 0.3) is 5.91 Å². The Bertz CT molecular complexity index is 1740. The molecule has 2 heterocycles. The number of rotatable bonds is 6. The van der Waals surface area contributed by atoms with E-state index in [0.717, 1.165) is 39.0 Å². The van der Waals surface area contributed by atoms with Crippen LogP contribution in [0.5, 0.6) is 0 Å². The van der Waals surface area contributed by atoms with E-state index >= 15 is 0 Å². The van der Waals surface area contributed by atoms with Crippen LogP contribution in [0.15, 0.2) is 116 Å². The van der Waals surface area contributed by atoms with Crippen molar-refractivity contribution in [1.82, 2.24) is 19.5 Å². The highest BCUT2D eigenvalue weighted by Crippen LogP contribution is 2.26. The number of anilines is 3. The minimum absolute atomic E-state index is 0.164. The lowest BCUT2D eigenvalue weighted by atomic mass is 10.1. The van der Waals surface area contributed by atoms with Crippen LogP contribution in [0.1, 0.15) is 15.9 Å². The van der Waals surface area contributed by atoms with Crippen molar-refractivity contribution in [3.8, 4) is 16.9 Å². The maximum absolute atomic E-state index is 13.0. The second kappa shape index (κ2) is 9.99. The van der Waals surface area contributed by atoms with Gasteiger partial charge >= 0.3 is 0 Å². The van der Waals surface area contributed by atoms with Crippen LogP contribution in [0.4, 0.5) is 17.3 Å². The fraction of sp³-hybridized carbons (Fsp3) is 0.0323. The van der Waals surface area contributed by atoms with E-state index < -0.39 is 0 Å². The van der Waals surface area contributed by atoms with Crippen LogP contribution < -0.4 is 10.6 Å². The molecule has 0 aliphatic rings. The van der Waals surface area contributed by atoms with Gasteiger partial charge in [-0.3, -0.25) is 4.79 Å². The molecule has 4 aromatic carbocycles. The third kappa shape index (κ3) is 4.85. The largest absolute Gasteiger partial charge is 0.324 e. The number of carbonyl (C=O) groups excluding carboxylic acids is 1. The molecule has 2 aromatic heterocycles. The average molecular weight is 497 g/mol. The third-order valence-electron chi connectivity index (χ3n) is 6.37. The van der Waals surface area contributed by atoms with Gasteiger partial charge in [-0.25, -0.2) is 15.0 Å². The van der Waals surface area contributed by atoms with Gasteiger partial charge in [-0.1, -0.05) is 48.5 Å². The summed E-state index contributed by atoms with van der Waals surface area (Å²) < 4.78 is 1.95. The summed E-state index contributed by atoms with van der Waals surface area (Å²) in [4.78, 5) is 26.2. The molecule has 0 unspecified atom stereocenters. The van der Waals surface area contributed by atoms with Crippen molar-refractivity contribution in [3.63, 3.8) is 0 Å². The van der Waals surface area contributed by atoms with Crippen molar-refractivity contribution in [2.75, 3.05) is 10.6 Å². The molecule has 184 valence electrons. The molecule has 0 saturated carbocycles. The van der Waals surface area contributed by atoms with Gasteiger partial charge in [0.1, 0.15) is 0 Å². The highest BCUT2D eigenvalue weighted by molar-refractivity contribution is 6.06. The number of nitrogens with zero attached hydrogens (tertiary/aromatic N) is 4. The summed E-state index contributed by atoms with van der Waals surface area (Å²) in [7, 11) is 0. The standard InChI is InChI=1S/C31H24N6O/c1-21-6-11-26(34-30(38)25-8-7-22-4-2-3-5-24(22)18-25)19-29(21)36-31-33-15-14-28(35-31)23-9-12-27(13-10-23)37-17-16-32-20-37/h2-20H,1H3,(H,34,38)(H,33,35,36). The maximum Gasteiger partial charge on any atom is 0.255 e. The van der Waals surface area contributed by atoms with Crippen LogP contribution in [0.2, 0.25) is 0 Å². The van der Waals surface area contributed by atoms with Gasteiger partial charge in [-0.2, -0.15) is 0 Å². The summed E-state index contributed by atoms with van der Waals surface area (Å²) in [5, 5.41) is 8.44. The van der Waals surface area contributed by atoms with E-state index in [1.807, 2.05) is 109 Å². The van der Waals surface area contributed by atoms with E-state index in [2.05, 4.69) is 20.6 Å². The fourth-order valence-electron chi connectivity index (χ4n) is 4.28. The van der Waals surface area contributed by atoms with Crippen LogP contribution in [0.3, 0.4) is 0 Å². The summed E-state index contributed by atoms with van der Waals surface area (Å²) in [5.74, 6) is 0.310. The van der Waals surface area contributed by atoms with Crippen molar-refractivity contribution in [3.05, 3.63) is 127 Å². The van der Waals surface area contributed by atoms with E-state index in [4.69, 9.17) is 4.98 Å². The van der Waals surface area contributed by atoms with Crippen molar-refractivity contribution in [2.45, 2.75) is 6.92 Å². The van der Waals surface area contributed by atoms with Crippen molar-refractivity contribution >= 4 is 34.0 Å². The first-order valence-corrected chi connectivity index (χ1v) is 12.2. The number of hydrogen-bond acceptors (Lipinski definition) is 5. The Hall–Kier alpha value is -5.30. The molecule has 7 nitrogen and oxygen atoms in total. The summed E-state index contributed by atoms with van der Waals surface area (Å²) >= 11 is 0. The topological polar surface area (TPSA) is 84.7 Å². The molecule has 0 spiro atoms. The molecule has 0 aliphatic heterocycles. The molecule has 2 N–H and O–H groups in total. The van der Waals surface area contributed by atoms with E-state index in [1.165, 1.54) is 0 Å². The lowest BCUT2D eigenvalue weighted by Gasteiger charge is -2.12. The minimum Gasteiger partial charge on any atom is -0.324 e. The highest BCUT2D eigenvalue weighted by atomic mass is 16.1. The SMILES string of the molecule is Cc1ccc(NC(=O)c2ccc3ccccc3c2)cc1Nc1nccc(-c2ccc(-n3ccnc3)cc2)n1. The summed E-state index contributed by atoms with van der Waals surface area (Å²) in [6.45, 7) is 2.00. The van der Waals surface area contributed by atoms with Crippen LogP contribution in [0.25, 0.3) is 27.7 Å². The predicted octanol–water partition coefficient (Wildman–Crippen LogP) is 6.79. The monoisotopic (exact) mass is 496 g/mol. The molecule has 6 aromatic rings. The third-order valence-corrected chi connectivity index (χ3v) is 6.37. The zero-order chi connectivity index (χ0) is 25.9. The number of hydrogen-bond donors (Lipinski definition) is 2. The molecular formula is C31H24N6O. The molecule has 6 rings (SSSR count). The summed E-state index contributed by atoms with van der Waals surface area (Å²) in [5.41, 5.74) is 5.92. The van der Waals surface area contributed by atoms with E-state index in [0.29, 0.717) is 17.2 Å². The number of aromatic nitrogens is 4. The minimum atomic E-state index is -0.164. The second-order valence-electron chi connectivity index (χ2n) is 8.95. The second-order valence-corrected chi connectivity index (χ2v) is 8.95. The number of carbonyl (C=O) groups is 1. The Balaban J connectivity index is 1.20. The van der Waals surface area contributed by atoms with Gasteiger partial charge in [-0.15, -0.1) is 0 Å². The normalized spacial score (nSPS) is 10.9. The summed E-state index contributed by atoms with van der Waals surface area (Å²) in [6, 6.07) is 29.4. The Morgan fingerprint density at radius 1 is 0.842 bits per heavy atom. The fourth-order valence-corrected chi connectivity index (χ4v) is 4.28. The number of imidazole rings is 1. The number of fused-ring (bicyclic) bond motifs is 1. The first-order valence-electron chi connectivity index (χ1n) is 12.2. The number of nitrogens with one attached hydrogen (secondary N) is 2. The number of aryl methyl sites for hydroxylation is 1. The van der Waals surface area contributed by atoms with Gasteiger partial charge in [0.2, 0.25) is 5.95 Å². The van der Waals surface area contributed by atoms with Crippen molar-refractivity contribution in [1.29, 1.82) is 0 Å². The molecule has 0 atom stereocenters. The van der Waals surface area contributed by atoms with Crippen molar-refractivity contribution in [2.24, 2.45) is 0 Å². The molecule has 0 saturated heterocycles. The first-order chi connectivity index (χ1) is 18.6. The molecule has 0 radical (unpaired) electrons. The van der Waals surface area contributed by atoms with Gasteiger partial charge in [0.05, 0.1) is 12.0 Å². The van der Waals surface area contributed by atoms with Gasteiger partial charge in [0.15, 0.2) is 0 Å². The Kier molecular flexibility index (Phi) is 6.08. The predicted molar refractivity (Wildman–Crippen MR) is 151 cm³/mol. The molecular weight excluding hydrogens is 472 g/mol. The summed E-state index contributed by atoms with van der Waals surface area (Å²) in [6.07, 6.45) is 7.15. The molecule has 7 heteroatoms. The highest BCUT2D eigenvalue weighted by Gasteiger charge is 2.10. The molecule has 0 fully saturated rings. The van der Waals surface area contributed by atoms with Gasteiger partial charge in [0, 0.05) is 46.8 Å². The molecule has 38 heavy (non-hydrogen) atoms. The molecule has 0 bridgehead atoms. The average Bonchev–Trinajstić information content (AvgIpc) is 3.50. The lowest BCUT2D eigenvalue weighted by Crippen LogP contribution is -2.12. The van der Waals surface area contributed by atoms with Crippen LogP contribution in [-0.4, -0.2) is 25.4 Å². The zero-order valence-corrected chi connectivity index (χ0v) is 20.7. The number of benzene rings is 4. The maximum atomic E-state index is 13.0. The van der Waals surface area contributed by atoms with E-state index in [1.54, 1.807) is 18.7 Å². The Morgan fingerprint density at radius 3 is 2.50 bits per heavy atom. The van der Waals surface area contributed by atoms with Crippen LogP contribution in [0, 0.1) is 6.92 Å². The first kappa shape index (κ1) is 23.1. The molecule has 0 aliphatic carbocycles.